The molecule has 1 rings (SSSR count). The molecule has 1 fully saturated rings. The Kier molecular flexibility index (Phi) is 6.75. The zero-order valence-electron chi connectivity index (χ0n) is 12.1. The zero-order valence-corrected chi connectivity index (χ0v) is 12.1. The highest BCUT2D eigenvalue weighted by atomic mass is 19.4. The van der Waals surface area contributed by atoms with Crippen molar-refractivity contribution in [2.75, 3.05) is 26.2 Å². The lowest BCUT2D eigenvalue weighted by Gasteiger charge is -2.30. The van der Waals surface area contributed by atoms with E-state index >= 15 is 0 Å². The Morgan fingerprint density at radius 2 is 1.80 bits per heavy atom. The molecule has 1 aliphatic rings. The molecule has 0 bridgehead atoms. The summed E-state index contributed by atoms with van der Waals surface area (Å²) in [5.41, 5.74) is 0. The number of hydrogen-bond acceptors (Lipinski definition) is 3. The van der Waals surface area contributed by atoms with Gasteiger partial charge in [0.1, 0.15) is 6.54 Å². The van der Waals surface area contributed by atoms with Crippen molar-refractivity contribution >= 4 is 5.91 Å². The van der Waals surface area contributed by atoms with E-state index < -0.39 is 24.7 Å². The van der Waals surface area contributed by atoms with Crippen molar-refractivity contribution in [3.63, 3.8) is 0 Å². The van der Waals surface area contributed by atoms with Gasteiger partial charge in [0.2, 0.25) is 5.91 Å². The minimum atomic E-state index is -4.37. The molecule has 0 radical (unpaired) electrons. The van der Waals surface area contributed by atoms with Crippen LogP contribution in [0.5, 0.6) is 0 Å². The molecule has 2 unspecified atom stereocenters. The Labute approximate surface area is 118 Å². The van der Waals surface area contributed by atoms with Crippen molar-refractivity contribution in [1.82, 2.24) is 15.5 Å². The molecule has 7 heteroatoms. The average Bonchev–Trinajstić information content (AvgIpc) is 2.36. The van der Waals surface area contributed by atoms with Crippen LogP contribution in [0.1, 0.15) is 33.1 Å². The van der Waals surface area contributed by atoms with Gasteiger partial charge in [-0.1, -0.05) is 6.42 Å². The normalized spacial score (nSPS) is 20.4. The first-order valence-corrected chi connectivity index (χ1v) is 7.11. The molecule has 20 heavy (non-hydrogen) atoms. The number of nitrogens with zero attached hydrogens (tertiary/aromatic N) is 1. The number of nitrogens with one attached hydrogen (secondary N) is 2. The Bertz CT molecular complexity index is 304. The molecule has 0 aromatic heterocycles. The topological polar surface area (TPSA) is 44.4 Å². The van der Waals surface area contributed by atoms with Gasteiger partial charge in [-0.2, -0.15) is 13.2 Å². The number of hydrogen-bond donors (Lipinski definition) is 2. The van der Waals surface area contributed by atoms with E-state index in [4.69, 9.17) is 0 Å². The van der Waals surface area contributed by atoms with Gasteiger partial charge in [-0.3, -0.25) is 4.79 Å². The fourth-order valence-corrected chi connectivity index (χ4v) is 2.42. The second-order valence-electron chi connectivity index (χ2n) is 5.48. The summed E-state index contributed by atoms with van der Waals surface area (Å²) in [6, 6.07) is -0.558. The second-order valence-corrected chi connectivity index (χ2v) is 5.48. The molecular weight excluding hydrogens is 271 g/mol. The molecule has 2 atom stereocenters. The van der Waals surface area contributed by atoms with Gasteiger partial charge in [0.05, 0.1) is 6.04 Å². The molecule has 1 heterocycles. The van der Waals surface area contributed by atoms with Crippen molar-refractivity contribution in [3.8, 4) is 0 Å². The number of rotatable bonds is 6. The lowest BCUT2D eigenvalue weighted by atomic mass is 10.1. The summed E-state index contributed by atoms with van der Waals surface area (Å²) in [6.45, 7) is 5.18. The highest BCUT2D eigenvalue weighted by Gasteiger charge is 2.29. The van der Waals surface area contributed by atoms with E-state index in [2.05, 4.69) is 10.2 Å². The molecule has 1 amide bonds. The lowest BCUT2D eigenvalue weighted by Crippen LogP contribution is -2.51. The van der Waals surface area contributed by atoms with Crippen LogP contribution in [-0.4, -0.2) is 55.2 Å². The van der Waals surface area contributed by atoms with E-state index in [1.807, 2.05) is 12.2 Å². The standard InChI is InChI=1S/C13H24F3N3O/c1-10(8-19-6-4-3-5-7-19)18-11(2)12(20)17-9-13(14,15)16/h10-11,18H,3-9H2,1-2H3,(H,17,20). The van der Waals surface area contributed by atoms with Crippen LogP contribution in [0.25, 0.3) is 0 Å². The van der Waals surface area contributed by atoms with E-state index in [1.165, 1.54) is 19.3 Å². The van der Waals surface area contributed by atoms with E-state index in [1.54, 1.807) is 6.92 Å². The molecular formula is C13H24F3N3O. The van der Waals surface area contributed by atoms with Crippen molar-refractivity contribution < 1.29 is 18.0 Å². The third-order valence-electron chi connectivity index (χ3n) is 3.37. The summed E-state index contributed by atoms with van der Waals surface area (Å²) in [4.78, 5) is 13.9. The lowest BCUT2D eigenvalue weighted by molar-refractivity contribution is -0.139. The number of amides is 1. The van der Waals surface area contributed by atoms with Crippen molar-refractivity contribution in [2.45, 2.75) is 51.4 Å². The summed E-state index contributed by atoms with van der Waals surface area (Å²) in [5, 5.41) is 4.93. The van der Waals surface area contributed by atoms with E-state index in [0.29, 0.717) is 0 Å². The number of carbonyl (C=O) groups is 1. The Morgan fingerprint density at radius 3 is 2.35 bits per heavy atom. The van der Waals surface area contributed by atoms with E-state index in [0.717, 1.165) is 19.6 Å². The van der Waals surface area contributed by atoms with Gasteiger partial charge in [-0.15, -0.1) is 0 Å². The Hall–Kier alpha value is -0.820. The first-order chi connectivity index (χ1) is 9.28. The van der Waals surface area contributed by atoms with Crippen LogP contribution in [0.15, 0.2) is 0 Å². The Balaban J connectivity index is 2.25. The number of alkyl halides is 3. The minimum Gasteiger partial charge on any atom is -0.346 e. The number of piperidine rings is 1. The molecule has 1 aliphatic heterocycles. The second kappa shape index (κ2) is 7.83. The predicted molar refractivity (Wildman–Crippen MR) is 71.4 cm³/mol. The summed E-state index contributed by atoms with van der Waals surface area (Å²) in [5.74, 6) is -0.618. The van der Waals surface area contributed by atoms with E-state index in [9.17, 15) is 18.0 Å². The fraction of sp³-hybridized carbons (Fsp3) is 0.923. The predicted octanol–water partition coefficient (Wildman–Crippen LogP) is 1.52. The van der Waals surface area contributed by atoms with Crippen molar-refractivity contribution in [1.29, 1.82) is 0 Å². The number of carbonyl (C=O) groups excluding carboxylic acids is 1. The number of halogens is 3. The van der Waals surface area contributed by atoms with Crippen LogP contribution in [0.3, 0.4) is 0 Å². The molecule has 0 saturated carbocycles. The summed E-state index contributed by atoms with van der Waals surface area (Å²) in [6.07, 6.45) is -0.730. The minimum absolute atomic E-state index is 0.0692. The maximum absolute atomic E-state index is 12.0. The molecule has 0 aromatic rings. The third kappa shape index (κ3) is 7.09. The van der Waals surface area contributed by atoms with Gasteiger partial charge < -0.3 is 15.5 Å². The highest BCUT2D eigenvalue weighted by Crippen LogP contribution is 2.12. The quantitative estimate of drug-likeness (QED) is 0.781. The van der Waals surface area contributed by atoms with Gasteiger partial charge >= 0.3 is 6.18 Å². The van der Waals surface area contributed by atoms with Gasteiger partial charge in [-0.05, 0) is 39.8 Å². The van der Waals surface area contributed by atoms with Gasteiger partial charge in [0, 0.05) is 12.6 Å². The molecule has 4 nitrogen and oxygen atoms in total. The van der Waals surface area contributed by atoms with Crippen LogP contribution >= 0.6 is 0 Å². The largest absolute Gasteiger partial charge is 0.405 e. The maximum Gasteiger partial charge on any atom is 0.405 e. The van der Waals surface area contributed by atoms with Gasteiger partial charge in [0.15, 0.2) is 0 Å². The van der Waals surface area contributed by atoms with Crippen LogP contribution in [0.4, 0.5) is 13.2 Å². The summed E-state index contributed by atoms with van der Waals surface area (Å²) < 4.78 is 36.0. The molecule has 2 N–H and O–H groups in total. The van der Waals surface area contributed by atoms with Crippen molar-refractivity contribution in [3.05, 3.63) is 0 Å². The summed E-state index contributed by atoms with van der Waals surface area (Å²) in [7, 11) is 0. The van der Waals surface area contributed by atoms with Gasteiger partial charge in [0.25, 0.3) is 0 Å². The maximum atomic E-state index is 12.0. The monoisotopic (exact) mass is 295 g/mol. The molecule has 0 aromatic carbocycles. The first kappa shape index (κ1) is 17.2. The smallest absolute Gasteiger partial charge is 0.346 e. The zero-order chi connectivity index (χ0) is 15.2. The average molecular weight is 295 g/mol. The number of likely N-dealkylation sites (tertiary alicyclic amines) is 1. The summed E-state index contributed by atoms with van der Waals surface area (Å²) >= 11 is 0. The van der Waals surface area contributed by atoms with Crippen LogP contribution < -0.4 is 10.6 Å². The fourth-order valence-electron chi connectivity index (χ4n) is 2.42. The molecule has 0 aliphatic carbocycles. The van der Waals surface area contributed by atoms with Crippen molar-refractivity contribution in [2.24, 2.45) is 0 Å². The SMILES string of the molecule is CC(CN1CCCCC1)NC(C)C(=O)NCC(F)(F)F. The van der Waals surface area contributed by atoms with Crippen LogP contribution in [0, 0.1) is 0 Å². The molecule has 0 spiro atoms. The van der Waals surface area contributed by atoms with Gasteiger partial charge in [-0.25, -0.2) is 0 Å². The Morgan fingerprint density at radius 1 is 1.20 bits per heavy atom. The first-order valence-electron chi connectivity index (χ1n) is 7.11. The molecule has 1 saturated heterocycles. The van der Waals surface area contributed by atoms with Crippen LogP contribution in [-0.2, 0) is 4.79 Å². The van der Waals surface area contributed by atoms with E-state index in [-0.39, 0.29) is 6.04 Å². The highest BCUT2D eigenvalue weighted by molar-refractivity contribution is 5.81. The molecule has 118 valence electrons. The third-order valence-corrected chi connectivity index (χ3v) is 3.37. The van der Waals surface area contributed by atoms with Crippen LogP contribution in [0.2, 0.25) is 0 Å².